The zero-order valence-electron chi connectivity index (χ0n) is 15.1. The average Bonchev–Trinajstić information content (AvgIpc) is 3.00. The van der Waals surface area contributed by atoms with Crippen molar-refractivity contribution in [2.45, 2.75) is 25.3 Å². The van der Waals surface area contributed by atoms with E-state index >= 15 is 0 Å². The molecule has 138 valence electrons. The van der Waals surface area contributed by atoms with Crippen LogP contribution < -0.4 is 0 Å². The van der Waals surface area contributed by atoms with Crippen molar-refractivity contribution in [2.24, 2.45) is 5.92 Å². The summed E-state index contributed by atoms with van der Waals surface area (Å²) in [5, 5.41) is 24.9. The first-order valence-corrected chi connectivity index (χ1v) is 9.00. The third kappa shape index (κ3) is 2.19. The van der Waals surface area contributed by atoms with Gasteiger partial charge in [-0.25, -0.2) is 0 Å². The number of esters is 1. The first kappa shape index (κ1) is 17.3. The molecule has 2 N–H and O–H groups in total. The molecule has 1 aromatic carbocycles. The highest BCUT2D eigenvalue weighted by Crippen LogP contribution is 2.49. The number of carbonyl (C=O) groups excluding carboxylic acids is 1. The van der Waals surface area contributed by atoms with E-state index in [0.717, 1.165) is 22.0 Å². The lowest BCUT2D eigenvalue weighted by Crippen LogP contribution is -2.59. The van der Waals surface area contributed by atoms with E-state index in [-0.39, 0.29) is 23.7 Å². The molecule has 5 rings (SSSR count). The van der Waals surface area contributed by atoms with Gasteiger partial charge in [0.2, 0.25) is 0 Å². The van der Waals surface area contributed by atoms with Crippen LogP contribution in [0.3, 0.4) is 0 Å². The summed E-state index contributed by atoms with van der Waals surface area (Å²) in [6.07, 6.45) is 2.48. The number of hydroxylamine groups is 3. The number of benzene rings is 1. The molecule has 0 unspecified atom stereocenters. The predicted molar refractivity (Wildman–Crippen MR) is 98.0 cm³/mol. The fourth-order valence-electron chi connectivity index (χ4n) is 4.95. The van der Waals surface area contributed by atoms with Gasteiger partial charge in [0.25, 0.3) is 0 Å². The molecular weight excluding hydrogens is 332 g/mol. The van der Waals surface area contributed by atoms with Gasteiger partial charge < -0.3 is 24.7 Å². The molecule has 2 bridgehead atoms. The number of ether oxygens (including phenoxy) is 1. The number of H-pyrrole nitrogens is 1. The van der Waals surface area contributed by atoms with Gasteiger partial charge in [-0.3, -0.25) is 4.79 Å². The molecule has 1 saturated heterocycles. The number of aliphatic hydroxyl groups excluding tert-OH is 1. The number of piperidine rings is 1. The Balaban J connectivity index is 2.09. The van der Waals surface area contributed by atoms with Crippen LogP contribution in [0.15, 0.2) is 35.9 Å². The number of carbonyl (C=O) groups is 1. The van der Waals surface area contributed by atoms with Crippen molar-refractivity contribution in [1.29, 1.82) is 0 Å². The minimum Gasteiger partial charge on any atom is -0.632 e. The lowest BCUT2D eigenvalue weighted by atomic mass is 9.64. The van der Waals surface area contributed by atoms with E-state index in [0.29, 0.717) is 25.2 Å². The predicted octanol–water partition coefficient (Wildman–Crippen LogP) is 2.37. The molecule has 4 heterocycles. The third-order valence-corrected chi connectivity index (χ3v) is 6.21. The number of nitrogens with zero attached hydrogens (tertiary/aromatic N) is 1. The van der Waals surface area contributed by atoms with Crippen molar-refractivity contribution < 1.29 is 19.3 Å². The summed E-state index contributed by atoms with van der Waals surface area (Å²) in [5.41, 5.74) is 2.05. The molecule has 2 aromatic rings. The van der Waals surface area contributed by atoms with Crippen LogP contribution in [-0.2, 0) is 21.5 Å². The number of hydrogen-bond donors (Lipinski definition) is 2. The number of hydrogen-bond acceptors (Lipinski definition) is 4. The molecule has 6 nitrogen and oxygen atoms in total. The molecule has 3 aliphatic rings. The van der Waals surface area contributed by atoms with Gasteiger partial charge in [-0.1, -0.05) is 24.3 Å². The number of methoxy groups -OCH3 is 1. The summed E-state index contributed by atoms with van der Waals surface area (Å²) in [7, 11) is 1.35. The standard InChI is InChI=1S/C20H24N2O4/c1-3-13-10-22(25)9-8-16(13)20(12-23,19(24)26-2)18-15(11-22)14-6-4-5-7-17(14)21-18/h3-7,16,21,23H,8-12H2,1-2H3/b13-3-/t16-,20-,22+/m0/s1. The summed E-state index contributed by atoms with van der Waals surface area (Å²) in [5.74, 6) is -0.706. The van der Waals surface area contributed by atoms with Crippen molar-refractivity contribution in [1.82, 2.24) is 4.98 Å². The Hall–Kier alpha value is -2.15. The highest BCUT2D eigenvalue weighted by atomic mass is 16.5. The minimum absolute atomic E-state index is 0.253. The zero-order valence-corrected chi connectivity index (χ0v) is 15.1. The van der Waals surface area contributed by atoms with Gasteiger partial charge in [0.1, 0.15) is 18.5 Å². The van der Waals surface area contributed by atoms with Gasteiger partial charge in [-0.2, -0.15) is 0 Å². The van der Waals surface area contributed by atoms with Crippen molar-refractivity contribution in [3.05, 3.63) is 52.4 Å². The molecule has 3 atom stereocenters. The molecule has 6 heteroatoms. The second-order valence-electron chi connectivity index (χ2n) is 7.45. The van der Waals surface area contributed by atoms with Gasteiger partial charge in [0, 0.05) is 34.5 Å². The normalized spacial score (nSPS) is 32.3. The van der Waals surface area contributed by atoms with E-state index < -0.39 is 11.4 Å². The Kier molecular flexibility index (Phi) is 3.95. The van der Waals surface area contributed by atoms with Crippen LogP contribution in [-0.4, -0.2) is 47.5 Å². The molecule has 0 aliphatic carbocycles. The lowest BCUT2D eigenvalue weighted by Gasteiger charge is -2.53. The lowest BCUT2D eigenvalue weighted by molar-refractivity contribution is -0.894. The van der Waals surface area contributed by atoms with Gasteiger partial charge in [-0.05, 0) is 18.6 Å². The Morgan fingerprint density at radius 3 is 2.92 bits per heavy atom. The second-order valence-corrected chi connectivity index (χ2v) is 7.45. The second kappa shape index (κ2) is 5.94. The Labute approximate surface area is 152 Å². The SMILES string of the molecule is C/C=C1/C[N@+]2([O-])CC[C@@H]1[C@](CO)(C(=O)OC)c1[nH]c3ccccc3c1C2. The monoisotopic (exact) mass is 356 g/mol. The topological polar surface area (TPSA) is 85.4 Å². The maximum Gasteiger partial charge on any atom is 0.320 e. The summed E-state index contributed by atoms with van der Waals surface area (Å²) < 4.78 is 4.85. The quantitative estimate of drug-likeness (QED) is 0.374. The van der Waals surface area contributed by atoms with E-state index in [9.17, 15) is 15.1 Å². The molecule has 0 amide bonds. The number of aliphatic hydroxyl groups is 1. The Bertz CT molecular complexity index is 902. The summed E-state index contributed by atoms with van der Waals surface area (Å²) >= 11 is 0. The molecule has 1 aromatic heterocycles. The maximum atomic E-state index is 13.4. The Morgan fingerprint density at radius 1 is 1.46 bits per heavy atom. The van der Waals surface area contributed by atoms with Crippen LogP contribution in [0, 0.1) is 11.1 Å². The number of fused-ring (bicyclic) bond motifs is 3. The maximum absolute atomic E-state index is 13.4. The number of nitrogens with one attached hydrogen (secondary N) is 1. The first-order valence-electron chi connectivity index (χ1n) is 9.00. The van der Waals surface area contributed by atoms with E-state index in [2.05, 4.69) is 4.98 Å². The summed E-state index contributed by atoms with van der Waals surface area (Å²) in [6, 6.07) is 7.73. The van der Waals surface area contributed by atoms with E-state index in [1.807, 2.05) is 37.3 Å². The van der Waals surface area contributed by atoms with Crippen LogP contribution in [0.5, 0.6) is 0 Å². The van der Waals surface area contributed by atoms with Crippen molar-refractivity contribution in [2.75, 3.05) is 26.8 Å². The molecule has 3 aliphatic heterocycles. The van der Waals surface area contributed by atoms with Crippen molar-refractivity contribution in [3.63, 3.8) is 0 Å². The molecule has 0 saturated carbocycles. The van der Waals surface area contributed by atoms with Gasteiger partial charge in [0.15, 0.2) is 0 Å². The Morgan fingerprint density at radius 2 is 2.23 bits per heavy atom. The fourth-order valence-corrected chi connectivity index (χ4v) is 4.95. The van der Waals surface area contributed by atoms with E-state index in [1.165, 1.54) is 7.11 Å². The van der Waals surface area contributed by atoms with Crippen LogP contribution in [0.2, 0.25) is 0 Å². The molecule has 1 fully saturated rings. The van der Waals surface area contributed by atoms with Gasteiger partial charge in [-0.15, -0.1) is 0 Å². The number of quaternary nitrogens is 1. The van der Waals surface area contributed by atoms with Crippen LogP contribution >= 0.6 is 0 Å². The largest absolute Gasteiger partial charge is 0.632 e. The molecular formula is C20H24N2O4. The summed E-state index contributed by atoms with van der Waals surface area (Å²) in [6.45, 7) is 2.59. The van der Waals surface area contributed by atoms with Crippen molar-refractivity contribution in [3.8, 4) is 0 Å². The highest BCUT2D eigenvalue weighted by molar-refractivity contribution is 5.91. The third-order valence-electron chi connectivity index (χ3n) is 6.21. The number of aromatic amines is 1. The number of aromatic nitrogens is 1. The average molecular weight is 356 g/mol. The molecule has 0 radical (unpaired) electrons. The molecule has 0 spiro atoms. The van der Waals surface area contributed by atoms with Crippen LogP contribution in [0.25, 0.3) is 10.9 Å². The first-order chi connectivity index (χ1) is 12.5. The fraction of sp³-hybridized carbons (Fsp3) is 0.450. The van der Waals surface area contributed by atoms with E-state index in [4.69, 9.17) is 4.74 Å². The minimum atomic E-state index is -1.21. The molecule has 26 heavy (non-hydrogen) atoms. The van der Waals surface area contributed by atoms with E-state index in [1.54, 1.807) is 0 Å². The number of para-hydroxylation sites is 1. The van der Waals surface area contributed by atoms with Gasteiger partial charge in [0.05, 0.1) is 20.3 Å². The smallest absolute Gasteiger partial charge is 0.320 e. The summed E-state index contributed by atoms with van der Waals surface area (Å²) in [4.78, 5) is 16.4. The van der Waals surface area contributed by atoms with Gasteiger partial charge >= 0.3 is 5.97 Å². The van der Waals surface area contributed by atoms with Crippen LogP contribution in [0.1, 0.15) is 24.6 Å². The number of allylic oxidation sites excluding steroid dienone is 1. The van der Waals surface area contributed by atoms with Crippen LogP contribution in [0.4, 0.5) is 0 Å². The highest BCUT2D eigenvalue weighted by Gasteiger charge is 2.56. The zero-order chi connectivity index (χ0) is 18.5. The number of rotatable bonds is 2. The van der Waals surface area contributed by atoms with Crippen molar-refractivity contribution >= 4 is 16.9 Å².